The van der Waals surface area contributed by atoms with Gasteiger partial charge in [0, 0.05) is 12.3 Å². The van der Waals surface area contributed by atoms with Crippen LogP contribution < -0.4 is 0 Å². The molecule has 0 saturated heterocycles. The Morgan fingerprint density at radius 3 is 2.29 bits per heavy atom. The molecule has 0 spiro atoms. The van der Waals surface area contributed by atoms with Crippen LogP contribution in [0.15, 0.2) is 18.2 Å². The number of hydrogen-bond acceptors (Lipinski definition) is 1. The van der Waals surface area contributed by atoms with Gasteiger partial charge >= 0.3 is 6.18 Å². The number of hydrogen-bond donors (Lipinski definition) is 0. The van der Waals surface area contributed by atoms with E-state index in [-0.39, 0.29) is 18.6 Å². The van der Waals surface area contributed by atoms with Crippen LogP contribution >= 0.6 is 0 Å². The molecular weight excluding hydrogens is 277 g/mol. The molecule has 0 heterocycles. The maximum absolute atomic E-state index is 13.1. The Morgan fingerprint density at radius 1 is 1.14 bits per heavy atom. The standard InChI is InChI=1S/C17H21F3O/c1-11-6-5-7-12(2)14(11)10-16(21)13-8-3-4-9-15(13)17(18,19)20/h5-7,13,15H,3-4,8-10H2,1-2H3. The lowest BCUT2D eigenvalue weighted by atomic mass is 9.75. The van der Waals surface area contributed by atoms with Gasteiger partial charge in [-0.2, -0.15) is 13.2 Å². The van der Waals surface area contributed by atoms with Gasteiger partial charge in [-0.25, -0.2) is 0 Å². The van der Waals surface area contributed by atoms with E-state index in [1.807, 2.05) is 32.0 Å². The monoisotopic (exact) mass is 298 g/mol. The van der Waals surface area contributed by atoms with Gasteiger partial charge in [-0.3, -0.25) is 4.79 Å². The highest BCUT2D eigenvalue weighted by Gasteiger charge is 2.47. The molecule has 21 heavy (non-hydrogen) atoms. The minimum absolute atomic E-state index is 0.0899. The summed E-state index contributed by atoms with van der Waals surface area (Å²) in [6, 6.07) is 5.70. The maximum Gasteiger partial charge on any atom is 0.392 e. The predicted molar refractivity (Wildman–Crippen MR) is 76.1 cm³/mol. The molecule has 1 fully saturated rings. The summed E-state index contributed by atoms with van der Waals surface area (Å²) in [7, 11) is 0. The Bertz CT molecular complexity index is 499. The van der Waals surface area contributed by atoms with Crippen LogP contribution in [0, 0.1) is 25.7 Å². The molecule has 0 aliphatic heterocycles. The topological polar surface area (TPSA) is 17.1 Å². The molecule has 0 N–H and O–H groups in total. The number of Topliss-reactive ketones (excluding diaryl/α,β-unsaturated/α-hetero) is 1. The van der Waals surface area contributed by atoms with Crippen molar-refractivity contribution < 1.29 is 18.0 Å². The number of rotatable bonds is 3. The minimum Gasteiger partial charge on any atom is -0.299 e. The van der Waals surface area contributed by atoms with Crippen molar-refractivity contribution in [2.24, 2.45) is 11.8 Å². The highest BCUT2D eigenvalue weighted by molar-refractivity contribution is 5.84. The average Bonchev–Trinajstić information content (AvgIpc) is 2.42. The van der Waals surface area contributed by atoms with Crippen LogP contribution in [-0.2, 0) is 11.2 Å². The molecule has 2 rings (SSSR count). The number of halogens is 3. The molecule has 1 aliphatic rings. The van der Waals surface area contributed by atoms with Crippen molar-refractivity contribution in [3.63, 3.8) is 0 Å². The first-order valence-corrected chi connectivity index (χ1v) is 7.45. The Hall–Kier alpha value is -1.32. The molecule has 1 aromatic rings. The molecule has 4 heteroatoms. The predicted octanol–water partition coefficient (Wildman–Crippen LogP) is 4.78. The first-order valence-electron chi connectivity index (χ1n) is 7.45. The molecular formula is C17H21F3O. The van der Waals surface area contributed by atoms with Crippen molar-refractivity contribution >= 4 is 5.78 Å². The van der Waals surface area contributed by atoms with Gasteiger partial charge in [0.15, 0.2) is 0 Å². The van der Waals surface area contributed by atoms with E-state index in [2.05, 4.69) is 0 Å². The molecule has 1 saturated carbocycles. The van der Waals surface area contributed by atoms with Gasteiger partial charge in [-0.15, -0.1) is 0 Å². The van der Waals surface area contributed by atoms with Crippen LogP contribution in [0.3, 0.4) is 0 Å². The van der Waals surface area contributed by atoms with Crippen LogP contribution in [0.25, 0.3) is 0 Å². The quantitative estimate of drug-likeness (QED) is 0.784. The summed E-state index contributed by atoms with van der Waals surface area (Å²) in [6.45, 7) is 3.80. The van der Waals surface area contributed by atoms with Gasteiger partial charge in [-0.05, 0) is 43.4 Å². The Kier molecular flexibility index (Phi) is 4.74. The van der Waals surface area contributed by atoms with Crippen molar-refractivity contribution in [1.82, 2.24) is 0 Å². The van der Waals surface area contributed by atoms with E-state index in [4.69, 9.17) is 0 Å². The summed E-state index contributed by atoms with van der Waals surface area (Å²) in [5.74, 6) is -2.57. The Balaban J connectivity index is 2.18. The van der Waals surface area contributed by atoms with E-state index in [1.54, 1.807) is 0 Å². The van der Waals surface area contributed by atoms with Crippen molar-refractivity contribution in [3.05, 3.63) is 34.9 Å². The minimum atomic E-state index is -4.26. The third-order valence-electron chi connectivity index (χ3n) is 4.60. The van der Waals surface area contributed by atoms with Crippen LogP contribution in [0.2, 0.25) is 0 Å². The fourth-order valence-electron chi connectivity index (χ4n) is 3.34. The van der Waals surface area contributed by atoms with Gasteiger partial charge in [-0.1, -0.05) is 31.0 Å². The molecule has 2 atom stereocenters. The lowest BCUT2D eigenvalue weighted by Gasteiger charge is -2.32. The molecule has 0 radical (unpaired) electrons. The molecule has 0 amide bonds. The normalized spacial score (nSPS) is 23.1. The van der Waals surface area contributed by atoms with Crippen LogP contribution in [0.5, 0.6) is 0 Å². The first-order chi connectivity index (χ1) is 9.80. The van der Waals surface area contributed by atoms with E-state index in [0.29, 0.717) is 12.8 Å². The van der Waals surface area contributed by atoms with Gasteiger partial charge < -0.3 is 0 Å². The second-order valence-corrected chi connectivity index (χ2v) is 6.05. The van der Waals surface area contributed by atoms with Gasteiger partial charge in [0.05, 0.1) is 5.92 Å². The average molecular weight is 298 g/mol. The van der Waals surface area contributed by atoms with E-state index in [0.717, 1.165) is 23.1 Å². The molecule has 0 aromatic heterocycles. The zero-order valence-corrected chi connectivity index (χ0v) is 12.5. The Morgan fingerprint density at radius 2 is 1.71 bits per heavy atom. The third kappa shape index (κ3) is 3.66. The fraction of sp³-hybridized carbons (Fsp3) is 0.588. The molecule has 1 aliphatic carbocycles. The largest absolute Gasteiger partial charge is 0.392 e. The Labute approximate surface area is 123 Å². The van der Waals surface area contributed by atoms with Crippen molar-refractivity contribution in [2.45, 2.75) is 52.1 Å². The number of alkyl halides is 3. The number of aryl methyl sites for hydroxylation is 2. The lowest BCUT2D eigenvalue weighted by Crippen LogP contribution is -2.38. The number of ketones is 1. The molecule has 1 nitrogen and oxygen atoms in total. The summed E-state index contributed by atoms with van der Waals surface area (Å²) in [4.78, 5) is 12.4. The van der Waals surface area contributed by atoms with Crippen LogP contribution in [0.4, 0.5) is 13.2 Å². The summed E-state index contributed by atoms with van der Waals surface area (Å²) < 4.78 is 39.3. The summed E-state index contributed by atoms with van der Waals surface area (Å²) in [5, 5.41) is 0. The first kappa shape index (κ1) is 16.1. The highest BCUT2D eigenvalue weighted by Crippen LogP contribution is 2.42. The highest BCUT2D eigenvalue weighted by atomic mass is 19.4. The van der Waals surface area contributed by atoms with Crippen molar-refractivity contribution in [1.29, 1.82) is 0 Å². The van der Waals surface area contributed by atoms with E-state index in [9.17, 15) is 18.0 Å². The molecule has 0 bridgehead atoms. The third-order valence-corrected chi connectivity index (χ3v) is 4.60. The number of carbonyl (C=O) groups is 1. The molecule has 116 valence electrons. The summed E-state index contributed by atoms with van der Waals surface area (Å²) in [6.07, 6.45) is -2.40. The number of benzene rings is 1. The second kappa shape index (κ2) is 6.20. The molecule has 2 unspecified atom stereocenters. The zero-order chi connectivity index (χ0) is 15.6. The van der Waals surface area contributed by atoms with E-state index < -0.39 is 18.0 Å². The smallest absolute Gasteiger partial charge is 0.299 e. The van der Waals surface area contributed by atoms with E-state index in [1.165, 1.54) is 0 Å². The van der Waals surface area contributed by atoms with Gasteiger partial charge in [0.25, 0.3) is 0 Å². The molecule has 1 aromatic carbocycles. The van der Waals surface area contributed by atoms with Crippen LogP contribution in [-0.4, -0.2) is 12.0 Å². The van der Waals surface area contributed by atoms with Crippen LogP contribution in [0.1, 0.15) is 42.4 Å². The fourth-order valence-corrected chi connectivity index (χ4v) is 3.34. The van der Waals surface area contributed by atoms with Gasteiger partial charge in [0.2, 0.25) is 0 Å². The van der Waals surface area contributed by atoms with Crippen molar-refractivity contribution in [3.8, 4) is 0 Å². The zero-order valence-electron chi connectivity index (χ0n) is 12.5. The summed E-state index contributed by atoms with van der Waals surface area (Å²) >= 11 is 0. The summed E-state index contributed by atoms with van der Waals surface area (Å²) in [5.41, 5.74) is 2.83. The SMILES string of the molecule is Cc1cccc(C)c1CC(=O)C1CCCCC1C(F)(F)F. The van der Waals surface area contributed by atoms with E-state index >= 15 is 0 Å². The second-order valence-electron chi connectivity index (χ2n) is 6.05. The number of carbonyl (C=O) groups excluding carboxylic acids is 1. The lowest BCUT2D eigenvalue weighted by molar-refractivity contribution is -0.197. The van der Waals surface area contributed by atoms with Gasteiger partial charge in [0.1, 0.15) is 5.78 Å². The van der Waals surface area contributed by atoms with Crippen molar-refractivity contribution in [2.75, 3.05) is 0 Å². The maximum atomic E-state index is 13.1.